The van der Waals surface area contributed by atoms with Crippen molar-refractivity contribution in [3.63, 3.8) is 0 Å². The number of hydrogen-bond donors (Lipinski definition) is 1. The predicted octanol–water partition coefficient (Wildman–Crippen LogP) is 3.58. The zero-order valence-corrected chi connectivity index (χ0v) is 14.4. The third-order valence-electron chi connectivity index (χ3n) is 4.69. The normalized spacial score (nSPS) is 16.4. The minimum absolute atomic E-state index is 0.180. The first-order valence-electron chi connectivity index (χ1n) is 8.41. The largest absolute Gasteiger partial charge is 0.361 e. The summed E-state index contributed by atoms with van der Waals surface area (Å²) in [6.45, 7) is 4.56. The van der Waals surface area contributed by atoms with Gasteiger partial charge in [-0.05, 0) is 35.6 Å². The number of carbonyl (C=O) groups is 1. The number of nitrogens with one attached hydrogen (secondary N) is 1. The minimum Gasteiger partial charge on any atom is -0.361 e. The lowest BCUT2D eigenvalue weighted by atomic mass is 10.1. The van der Waals surface area contributed by atoms with E-state index in [2.05, 4.69) is 34.1 Å². The van der Waals surface area contributed by atoms with E-state index >= 15 is 0 Å². The van der Waals surface area contributed by atoms with E-state index in [9.17, 15) is 4.79 Å². The van der Waals surface area contributed by atoms with E-state index < -0.39 is 0 Å². The number of hydrogen-bond acceptors (Lipinski definition) is 3. The number of H-pyrrole nitrogens is 1. The molecule has 0 radical (unpaired) electrons. The Hall–Kier alpha value is -2.11. The van der Waals surface area contributed by atoms with Crippen molar-refractivity contribution in [3.8, 4) is 0 Å². The van der Waals surface area contributed by atoms with Crippen LogP contribution in [0.4, 0.5) is 0 Å². The number of benzene rings is 1. The smallest absolute Gasteiger partial charge is 0.263 e. The molecule has 0 saturated carbocycles. The van der Waals surface area contributed by atoms with Crippen LogP contribution in [0.15, 0.2) is 48.0 Å². The first-order valence-corrected chi connectivity index (χ1v) is 9.29. The Balaban J connectivity index is 1.43. The molecule has 0 atom stereocenters. The lowest BCUT2D eigenvalue weighted by Gasteiger charge is -2.22. The highest BCUT2D eigenvalue weighted by Crippen LogP contribution is 2.20. The van der Waals surface area contributed by atoms with Crippen LogP contribution < -0.4 is 0 Å². The first-order chi connectivity index (χ1) is 11.8. The van der Waals surface area contributed by atoms with E-state index in [-0.39, 0.29) is 5.91 Å². The summed E-state index contributed by atoms with van der Waals surface area (Å²) in [5.41, 5.74) is 2.55. The van der Waals surface area contributed by atoms with Gasteiger partial charge < -0.3 is 9.88 Å². The third kappa shape index (κ3) is 3.09. The maximum Gasteiger partial charge on any atom is 0.263 e. The second-order valence-electron chi connectivity index (χ2n) is 6.26. The molecule has 0 aliphatic carbocycles. The molecular weight excluding hydrogens is 318 g/mol. The monoisotopic (exact) mass is 339 g/mol. The SMILES string of the molecule is O=C(c1cccs1)N1CCCN(Cc2cccc3[nH]ccc23)CC1. The van der Waals surface area contributed by atoms with Gasteiger partial charge in [-0.2, -0.15) is 0 Å². The van der Waals surface area contributed by atoms with Crippen LogP contribution in [0.2, 0.25) is 0 Å². The third-order valence-corrected chi connectivity index (χ3v) is 5.54. The number of nitrogens with zero attached hydrogens (tertiary/aromatic N) is 2. The van der Waals surface area contributed by atoms with E-state index in [1.165, 1.54) is 27.8 Å². The first kappa shape index (κ1) is 15.4. The fourth-order valence-corrected chi connectivity index (χ4v) is 4.11. The number of aromatic nitrogens is 1. The van der Waals surface area contributed by atoms with Crippen molar-refractivity contribution in [2.75, 3.05) is 26.2 Å². The van der Waals surface area contributed by atoms with Gasteiger partial charge in [0.1, 0.15) is 0 Å². The quantitative estimate of drug-likeness (QED) is 0.792. The topological polar surface area (TPSA) is 39.3 Å². The summed E-state index contributed by atoms with van der Waals surface area (Å²) in [6, 6.07) is 12.4. The number of aromatic amines is 1. The summed E-state index contributed by atoms with van der Waals surface area (Å²) in [5, 5.41) is 3.27. The zero-order chi connectivity index (χ0) is 16.4. The second kappa shape index (κ2) is 6.79. The van der Waals surface area contributed by atoms with Crippen LogP contribution in [0.1, 0.15) is 21.7 Å². The summed E-state index contributed by atoms with van der Waals surface area (Å²) < 4.78 is 0. The van der Waals surface area contributed by atoms with Gasteiger partial charge in [0.05, 0.1) is 4.88 Å². The lowest BCUT2D eigenvalue weighted by Crippen LogP contribution is -2.34. The molecule has 0 spiro atoms. The molecule has 1 N–H and O–H groups in total. The number of carbonyl (C=O) groups excluding carboxylic acids is 1. The van der Waals surface area contributed by atoms with Crippen LogP contribution in [0, 0.1) is 0 Å². The molecule has 1 aliphatic rings. The maximum absolute atomic E-state index is 12.5. The molecule has 2 aromatic heterocycles. The molecule has 124 valence electrons. The molecule has 1 aliphatic heterocycles. The van der Waals surface area contributed by atoms with Crippen LogP contribution in [0.3, 0.4) is 0 Å². The fourth-order valence-electron chi connectivity index (χ4n) is 3.42. The highest BCUT2D eigenvalue weighted by Gasteiger charge is 2.21. The Morgan fingerprint density at radius 3 is 2.92 bits per heavy atom. The van der Waals surface area contributed by atoms with Crippen LogP contribution >= 0.6 is 11.3 Å². The number of fused-ring (bicyclic) bond motifs is 1. The van der Waals surface area contributed by atoms with Crippen LogP contribution in [0.5, 0.6) is 0 Å². The molecule has 4 rings (SSSR count). The molecule has 1 aromatic carbocycles. The molecule has 1 fully saturated rings. The van der Waals surface area contributed by atoms with Gasteiger partial charge in [-0.3, -0.25) is 9.69 Å². The average Bonchev–Trinajstić information content (AvgIpc) is 3.24. The summed E-state index contributed by atoms with van der Waals surface area (Å²) in [7, 11) is 0. The van der Waals surface area contributed by atoms with E-state index in [4.69, 9.17) is 0 Å². The van der Waals surface area contributed by atoms with Gasteiger partial charge >= 0.3 is 0 Å². The molecule has 0 bridgehead atoms. The average molecular weight is 339 g/mol. The van der Waals surface area contributed by atoms with E-state index in [1.807, 2.05) is 28.6 Å². The van der Waals surface area contributed by atoms with Crippen molar-refractivity contribution in [2.24, 2.45) is 0 Å². The number of rotatable bonds is 3. The van der Waals surface area contributed by atoms with Crippen molar-refractivity contribution in [1.29, 1.82) is 0 Å². The van der Waals surface area contributed by atoms with Crippen molar-refractivity contribution in [3.05, 3.63) is 58.4 Å². The van der Waals surface area contributed by atoms with Crippen LogP contribution in [0.25, 0.3) is 10.9 Å². The number of amides is 1. The molecule has 24 heavy (non-hydrogen) atoms. The van der Waals surface area contributed by atoms with Gasteiger partial charge in [0.15, 0.2) is 0 Å². The maximum atomic E-state index is 12.5. The highest BCUT2D eigenvalue weighted by molar-refractivity contribution is 7.12. The van der Waals surface area contributed by atoms with Gasteiger partial charge in [0, 0.05) is 49.8 Å². The Labute approximate surface area is 145 Å². The Morgan fingerprint density at radius 1 is 1.08 bits per heavy atom. The molecule has 3 aromatic rings. The molecule has 1 amide bonds. The van der Waals surface area contributed by atoms with Crippen LogP contribution in [-0.2, 0) is 6.54 Å². The van der Waals surface area contributed by atoms with Crippen molar-refractivity contribution in [2.45, 2.75) is 13.0 Å². The van der Waals surface area contributed by atoms with Crippen molar-refractivity contribution < 1.29 is 4.79 Å². The summed E-state index contributed by atoms with van der Waals surface area (Å²) >= 11 is 1.53. The summed E-state index contributed by atoms with van der Waals surface area (Å²) in [5.74, 6) is 0.180. The Kier molecular flexibility index (Phi) is 4.36. The molecular formula is C19H21N3OS. The van der Waals surface area contributed by atoms with Gasteiger partial charge in [0.25, 0.3) is 5.91 Å². The van der Waals surface area contributed by atoms with Gasteiger partial charge in [-0.1, -0.05) is 18.2 Å². The van der Waals surface area contributed by atoms with Crippen LogP contribution in [-0.4, -0.2) is 46.9 Å². The predicted molar refractivity (Wildman–Crippen MR) is 98.4 cm³/mol. The number of thiophene rings is 1. The molecule has 4 nitrogen and oxygen atoms in total. The minimum atomic E-state index is 0.180. The highest BCUT2D eigenvalue weighted by atomic mass is 32.1. The summed E-state index contributed by atoms with van der Waals surface area (Å²) in [6.07, 6.45) is 3.03. The van der Waals surface area contributed by atoms with Crippen molar-refractivity contribution >= 4 is 28.1 Å². The van der Waals surface area contributed by atoms with E-state index in [0.717, 1.165) is 44.0 Å². The standard InChI is InChI=1S/C19H21N3OS/c23-19(18-6-2-13-24-18)22-10-3-9-21(11-12-22)14-15-4-1-5-17-16(15)7-8-20-17/h1-2,4-8,13,20H,3,9-12,14H2. The Morgan fingerprint density at radius 2 is 2.04 bits per heavy atom. The van der Waals surface area contributed by atoms with E-state index in [1.54, 1.807) is 0 Å². The van der Waals surface area contributed by atoms with Crippen molar-refractivity contribution in [1.82, 2.24) is 14.8 Å². The van der Waals surface area contributed by atoms with Gasteiger partial charge in [-0.25, -0.2) is 0 Å². The lowest BCUT2D eigenvalue weighted by molar-refractivity contribution is 0.0766. The molecule has 3 heterocycles. The zero-order valence-electron chi connectivity index (χ0n) is 13.6. The molecule has 5 heteroatoms. The summed E-state index contributed by atoms with van der Waals surface area (Å²) in [4.78, 5) is 21.1. The van der Waals surface area contributed by atoms with E-state index in [0.29, 0.717) is 0 Å². The van der Waals surface area contributed by atoms with Gasteiger partial charge in [-0.15, -0.1) is 11.3 Å². The van der Waals surface area contributed by atoms with Gasteiger partial charge in [0.2, 0.25) is 0 Å². The molecule has 0 unspecified atom stereocenters. The second-order valence-corrected chi connectivity index (χ2v) is 7.20. The molecule has 1 saturated heterocycles. The fraction of sp³-hybridized carbons (Fsp3) is 0.316. The Bertz CT molecular complexity index is 824.